The fraction of sp³-hybridized carbons (Fsp3) is 0.154. The molecule has 3 heteroatoms. The Kier molecular flexibility index (Phi) is 7.05. The summed E-state index contributed by atoms with van der Waals surface area (Å²) in [6.45, 7) is 6.88. The van der Waals surface area contributed by atoms with Crippen molar-refractivity contribution in [3.05, 3.63) is 207 Å². The fourth-order valence-electron chi connectivity index (χ4n) is 10.6. The third-order valence-corrected chi connectivity index (χ3v) is 12.9. The smallest absolute Gasteiger partial charge is 0.197 e. The first kappa shape index (κ1) is 32.4. The van der Waals surface area contributed by atoms with Crippen LogP contribution in [0.4, 0.5) is 17.1 Å². The highest BCUT2D eigenvalue weighted by molar-refractivity contribution is 6.72. The number of para-hydroxylation sites is 2. The molecule has 2 aliphatic heterocycles. The Hall–Kier alpha value is -6.06. The minimum Gasteiger partial charge on any atom is -0.360 e. The lowest BCUT2D eigenvalue weighted by atomic mass is 9.53. The number of H-pyrrole nitrogens is 1. The standard InChI is InChI=1S/C52H42BN2/c1-4-18-39-44(54-50-46(39)38-25-13-14-26-40(38)51(50,2)3)32-34-31-33-19-11-12-24-37(33)48-47(34)53-43-29-17-28-42-49(43)55(48)45-30-16-15-27-41(45)52(42,35-20-7-5-8-21-35)36-22-9-6-10-23-36/h4-10,12-18,20-31,54H,11,19,32H2,1-3H3/b18-4-. The zero-order chi connectivity index (χ0) is 36.9. The summed E-state index contributed by atoms with van der Waals surface area (Å²) in [6.07, 6.45) is 12.2. The summed E-state index contributed by atoms with van der Waals surface area (Å²) >= 11 is 0. The van der Waals surface area contributed by atoms with Gasteiger partial charge >= 0.3 is 0 Å². The van der Waals surface area contributed by atoms with Crippen LogP contribution < -0.4 is 15.8 Å². The van der Waals surface area contributed by atoms with Crippen LogP contribution in [-0.4, -0.2) is 12.3 Å². The van der Waals surface area contributed by atoms with Gasteiger partial charge in [-0.25, -0.2) is 0 Å². The van der Waals surface area contributed by atoms with Crippen LogP contribution in [0.25, 0.3) is 23.3 Å². The molecule has 3 heterocycles. The summed E-state index contributed by atoms with van der Waals surface area (Å²) in [5, 5.41) is 0. The first-order chi connectivity index (χ1) is 27.0. The molecule has 4 aliphatic rings. The van der Waals surface area contributed by atoms with Gasteiger partial charge in [0, 0.05) is 51.3 Å². The Balaban J connectivity index is 1.17. The van der Waals surface area contributed by atoms with Crippen LogP contribution in [0.15, 0.2) is 146 Å². The molecule has 0 bridgehead atoms. The summed E-state index contributed by atoms with van der Waals surface area (Å²) in [7, 11) is 2.50. The Morgan fingerprint density at radius 3 is 2.20 bits per heavy atom. The molecule has 0 unspecified atom stereocenters. The van der Waals surface area contributed by atoms with E-state index in [4.69, 9.17) is 0 Å². The highest BCUT2D eigenvalue weighted by Gasteiger charge is 2.49. The normalized spacial score (nSPS) is 16.1. The van der Waals surface area contributed by atoms with E-state index < -0.39 is 5.41 Å². The van der Waals surface area contributed by atoms with E-state index in [0.29, 0.717) is 0 Å². The number of nitrogens with zero attached hydrogens (tertiary/aromatic N) is 1. The van der Waals surface area contributed by atoms with Crippen LogP contribution in [0, 0.1) is 0 Å². The van der Waals surface area contributed by atoms with E-state index in [1.165, 1.54) is 101 Å². The fourth-order valence-corrected chi connectivity index (χ4v) is 10.6. The lowest BCUT2D eigenvalue weighted by Gasteiger charge is -2.49. The minimum absolute atomic E-state index is 0.0937. The molecular weight excluding hydrogens is 663 g/mol. The van der Waals surface area contributed by atoms with E-state index in [-0.39, 0.29) is 5.41 Å². The molecule has 2 nitrogen and oxygen atoms in total. The highest BCUT2D eigenvalue weighted by atomic mass is 15.2. The Bertz CT molecular complexity index is 2710. The SMILES string of the molecule is C/C=C\c1c(Cc2cc3c(c4c2[B]c2cccc5c2N4c2ccccc2C5(c2ccccc2)c2ccccc2)C=CCC3)[nH]c2c1-c1ccccc1C2(C)C. The van der Waals surface area contributed by atoms with Gasteiger partial charge in [0.15, 0.2) is 7.28 Å². The van der Waals surface area contributed by atoms with Crippen molar-refractivity contribution in [2.45, 2.75) is 50.9 Å². The number of anilines is 3. The molecular formula is C52H42BN2. The van der Waals surface area contributed by atoms with Gasteiger partial charge in [-0.1, -0.05) is 176 Å². The number of aromatic amines is 1. The Labute approximate surface area is 325 Å². The van der Waals surface area contributed by atoms with Crippen LogP contribution in [0.3, 0.4) is 0 Å². The van der Waals surface area contributed by atoms with Crippen LogP contribution in [0.1, 0.15) is 88.7 Å². The molecule has 0 fully saturated rings. The molecule has 11 rings (SSSR count). The molecule has 0 saturated heterocycles. The maximum atomic E-state index is 4.05. The molecule has 1 N–H and O–H groups in total. The molecule has 0 saturated carbocycles. The third-order valence-electron chi connectivity index (χ3n) is 12.9. The topological polar surface area (TPSA) is 19.0 Å². The summed E-state index contributed by atoms with van der Waals surface area (Å²) < 4.78 is 0. The molecule has 7 aromatic rings. The lowest BCUT2D eigenvalue weighted by Crippen LogP contribution is -2.48. The number of fused-ring (bicyclic) bond motifs is 9. The van der Waals surface area contributed by atoms with Crippen molar-refractivity contribution < 1.29 is 0 Å². The van der Waals surface area contributed by atoms with Crippen molar-refractivity contribution in [2.75, 3.05) is 4.90 Å². The summed E-state index contributed by atoms with van der Waals surface area (Å²) in [5.74, 6) is 0. The van der Waals surface area contributed by atoms with Crippen molar-refractivity contribution in [3.8, 4) is 11.1 Å². The molecule has 1 aromatic heterocycles. The summed E-state index contributed by atoms with van der Waals surface area (Å²) in [6, 6.07) is 50.0. The van der Waals surface area contributed by atoms with E-state index in [2.05, 4.69) is 196 Å². The van der Waals surface area contributed by atoms with Crippen molar-refractivity contribution >= 4 is 47.4 Å². The predicted molar refractivity (Wildman–Crippen MR) is 231 cm³/mol. The molecule has 2 aliphatic carbocycles. The third kappa shape index (κ3) is 4.38. The Morgan fingerprint density at radius 2 is 1.44 bits per heavy atom. The van der Waals surface area contributed by atoms with Crippen LogP contribution >= 0.6 is 0 Å². The van der Waals surface area contributed by atoms with Crippen molar-refractivity contribution in [2.24, 2.45) is 0 Å². The van der Waals surface area contributed by atoms with Gasteiger partial charge in [0.2, 0.25) is 0 Å². The maximum absolute atomic E-state index is 4.05. The van der Waals surface area contributed by atoms with E-state index in [1.807, 2.05) is 0 Å². The number of benzene rings is 6. The quantitative estimate of drug-likeness (QED) is 0.177. The molecule has 1 radical (unpaired) electrons. The molecule has 6 aromatic carbocycles. The van der Waals surface area contributed by atoms with Crippen LogP contribution in [0.2, 0.25) is 0 Å². The largest absolute Gasteiger partial charge is 0.360 e. The number of nitrogens with one attached hydrogen (secondary N) is 1. The monoisotopic (exact) mass is 705 g/mol. The van der Waals surface area contributed by atoms with Gasteiger partial charge in [-0.05, 0) is 70.3 Å². The first-order valence-electron chi connectivity index (χ1n) is 19.8. The lowest BCUT2D eigenvalue weighted by molar-refractivity contribution is 0.637. The van der Waals surface area contributed by atoms with Crippen molar-refractivity contribution in [1.29, 1.82) is 0 Å². The number of hydrogen-bond acceptors (Lipinski definition) is 1. The van der Waals surface area contributed by atoms with E-state index >= 15 is 0 Å². The molecule has 0 spiro atoms. The average molecular weight is 706 g/mol. The van der Waals surface area contributed by atoms with Gasteiger partial charge in [0.05, 0.1) is 11.1 Å². The van der Waals surface area contributed by atoms with E-state index in [9.17, 15) is 0 Å². The average Bonchev–Trinajstić information content (AvgIpc) is 3.70. The van der Waals surface area contributed by atoms with Gasteiger partial charge in [0.25, 0.3) is 0 Å². The van der Waals surface area contributed by atoms with E-state index in [1.54, 1.807) is 0 Å². The second-order valence-corrected chi connectivity index (χ2v) is 16.1. The number of aromatic nitrogens is 1. The molecule has 263 valence electrons. The van der Waals surface area contributed by atoms with Gasteiger partial charge in [-0.2, -0.15) is 0 Å². The van der Waals surface area contributed by atoms with E-state index in [0.717, 1.165) is 19.3 Å². The predicted octanol–water partition coefficient (Wildman–Crippen LogP) is 11.0. The number of hydrogen-bond donors (Lipinski definition) is 1. The maximum Gasteiger partial charge on any atom is 0.197 e. The van der Waals surface area contributed by atoms with Crippen molar-refractivity contribution in [3.63, 3.8) is 0 Å². The second kappa shape index (κ2) is 12.0. The highest BCUT2D eigenvalue weighted by Crippen LogP contribution is 2.58. The van der Waals surface area contributed by atoms with Gasteiger partial charge < -0.3 is 9.88 Å². The molecule has 55 heavy (non-hydrogen) atoms. The second-order valence-electron chi connectivity index (χ2n) is 16.1. The zero-order valence-electron chi connectivity index (χ0n) is 31.7. The molecule has 0 amide bonds. The number of aryl methyl sites for hydroxylation is 1. The number of allylic oxidation sites excluding steroid dienone is 2. The number of rotatable bonds is 5. The van der Waals surface area contributed by atoms with Crippen LogP contribution in [-0.2, 0) is 23.7 Å². The minimum atomic E-state index is -0.491. The first-order valence-corrected chi connectivity index (χ1v) is 19.8. The summed E-state index contributed by atoms with van der Waals surface area (Å²) in [5.41, 5.74) is 23.2. The van der Waals surface area contributed by atoms with Gasteiger partial charge in [-0.3, -0.25) is 0 Å². The summed E-state index contributed by atoms with van der Waals surface area (Å²) in [4.78, 5) is 6.69. The van der Waals surface area contributed by atoms with Crippen molar-refractivity contribution in [1.82, 2.24) is 4.98 Å². The molecule has 0 atom stereocenters. The zero-order valence-corrected chi connectivity index (χ0v) is 31.7. The Morgan fingerprint density at radius 1 is 0.745 bits per heavy atom. The van der Waals surface area contributed by atoms with Crippen LogP contribution in [0.5, 0.6) is 0 Å². The van der Waals surface area contributed by atoms with Gasteiger partial charge in [0.1, 0.15) is 0 Å². The van der Waals surface area contributed by atoms with Gasteiger partial charge in [-0.15, -0.1) is 0 Å².